The highest BCUT2D eigenvalue weighted by Gasteiger charge is 2.47. The van der Waals surface area contributed by atoms with Crippen molar-refractivity contribution in [2.45, 2.75) is 94.9 Å². The zero-order chi connectivity index (χ0) is 52.1. The fourth-order valence-electron chi connectivity index (χ4n) is 8.11. The lowest BCUT2D eigenvalue weighted by Crippen LogP contribution is -2.61. The molecule has 1 aliphatic heterocycles. The second-order valence-electron chi connectivity index (χ2n) is 17.6. The zero-order valence-electron chi connectivity index (χ0n) is 40.2. The Morgan fingerprint density at radius 1 is 0.622 bits per heavy atom. The van der Waals surface area contributed by atoms with Gasteiger partial charge in [0.05, 0.1) is 12.7 Å². The second-order valence-corrected chi connectivity index (χ2v) is 17.6. The van der Waals surface area contributed by atoms with Crippen LogP contribution in [0.25, 0.3) is 22.3 Å². The van der Waals surface area contributed by atoms with Crippen molar-refractivity contribution in [1.29, 1.82) is 0 Å². The molecule has 2 heterocycles. The van der Waals surface area contributed by atoms with Gasteiger partial charge in [0, 0.05) is 30.7 Å². The average molecular weight is 1020 g/mol. The highest BCUT2D eigenvalue weighted by atomic mass is 17.2. The molecule has 0 bridgehead atoms. The van der Waals surface area contributed by atoms with Crippen LogP contribution in [0.1, 0.15) is 35.6 Å². The van der Waals surface area contributed by atoms with E-state index in [0.29, 0.717) is 0 Å². The van der Waals surface area contributed by atoms with E-state index in [4.69, 9.17) is 42.6 Å². The van der Waals surface area contributed by atoms with Crippen molar-refractivity contribution in [3.63, 3.8) is 0 Å². The Bertz CT molecular complexity index is 2860. The van der Waals surface area contributed by atoms with E-state index in [-0.39, 0.29) is 71.7 Å². The molecule has 8 N–H and O–H groups in total. The summed E-state index contributed by atoms with van der Waals surface area (Å²) in [6, 6.07) is 43.1. The van der Waals surface area contributed by atoms with E-state index >= 15 is 0 Å². The molecule has 74 heavy (non-hydrogen) atoms. The minimum absolute atomic E-state index is 0.0541. The lowest BCUT2D eigenvalue weighted by atomic mass is 9.98. The van der Waals surface area contributed by atoms with Crippen LogP contribution in [0.15, 0.2) is 155 Å². The van der Waals surface area contributed by atoms with Crippen molar-refractivity contribution in [2.24, 2.45) is 0 Å². The molecule has 6 aromatic carbocycles. The first-order valence-electron chi connectivity index (χ1n) is 23.9. The Morgan fingerprint density at radius 3 is 1.64 bits per heavy atom. The van der Waals surface area contributed by atoms with Crippen molar-refractivity contribution in [3.05, 3.63) is 178 Å². The van der Waals surface area contributed by atoms with Gasteiger partial charge < -0.3 is 78.6 Å². The van der Waals surface area contributed by atoms with Crippen molar-refractivity contribution >= 4 is 11.0 Å². The van der Waals surface area contributed by atoms with Crippen LogP contribution < -0.4 is 29.3 Å². The van der Waals surface area contributed by atoms with Gasteiger partial charge >= 0.3 is 0 Å². The molecule has 18 nitrogen and oxygen atoms in total. The minimum Gasteiger partial charge on any atom is -0.507 e. The number of phenols is 1. The van der Waals surface area contributed by atoms with Crippen LogP contribution in [-0.4, -0.2) is 109 Å². The first-order valence-corrected chi connectivity index (χ1v) is 23.9. The lowest BCUT2D eigenvalue weighted by Gasteiger charge is -2.42. The molecule has 0 radical (unpaired) electrons. The molecule has 0 unspecified atom stereocenters. The van der Waals surface area contributed by atoms with Gasteiger partial charge in [-0.05, 0) is 41.3 Å². The maximum atomic E-state index is 15.0. The molecule has 1 saturated heterocycles. The Hall–Kier alpha value is -7.07. The first kappa shape index (κ1) is 53.2. The summed E-state index contributed by atoms with van der Waals surface area (Å²) in [5, 5.41) is 85.2. The van der Waals surface area contributed by atoms with Crippen LogP contribution in [0.3, 0.4) is 0 Å². The summed E-state index contributed by atoms with van der Waals surface area (Å²) in [6.07, 6.45) is -16.2. The predicted octanol–water partition coefficient (Wildman–Crippen LogP) is 5.47. The van der Waals surface area contributed by atoms with Crippen molar-refractivity contribution in [2.75, 3.05) is 13.2 Å². The number of aliphatic hydroxyl groups excluding tert-OH is 7. The predicted molar refractivity (Wildman–Crippen MR) is 266 cm³/mol. The van der Waals surface area contributed by atoms with Gasteiger partial charge in [0.2, 0.25) is 11.2 Å². The number of ether oxygens (including phenoxy) is 6. The Balaban J connectivity index is 1.26. The molecule has 1 aromatic heterocycles. The van der Waals surface area contributed by atoms with E-state index < -0.39 is 91.7 Å². The molecule has 0 saturated carbocycles. The maximum Gasteiger partial charge on any atom is 0.256 e. The maximum absolute atomic E-state index is 15.0. The molecule has 1 aliphatic rings. The van der Waals surface area contributed by atoms with Crippen LogP contribution >= 0.6 is 0 Å². The number of hydrogen-bond acceptors (Lipinski definition) is 18. The third-order valence-electron chi connectivity index (χ3n) is 12.1. The van der Waals surface area contributed by atoms with Gasteiger partial charge in [-0.25, -0.2) is 0 Å². The largest absolute Gasteiger partial charge is 0.507 e. The number of benzene rings is 6. The van der Waals surface area contributed by atoms with Crippen molar-refractivity contribution in [1.82, 2.24) is 0 Å². The van der Waals surface area contributed by atoms with Crippen LogP contribution in [0.2, 0.25) is 0 Å². The summed E-state index contributed by atoms with van der Waals surface area (Å²) in [7, 11) is 0. The number of aliphatic hydroxyl groups is 7. The second kappa shape index (κ2) is 25.2. The fraction of sp³-hybridized carbons (Fsp3) is 0.304. The van der Waals surface area contributed by atoms with Crippen molar-refractivity contribution in [3.8, 4) is 45.8 Å². The molecule has 390 valence electrons. The first-order chi connectivity index (χ1) is 35.9. The number of hydrogen-bond donors (Lipinski definition) is 8. The summed E-state index contributed by atoms with van der Waals surface area (Å²) in [5.41, 5.74) is 2.26. The molecule has 0 amide bonds. The Morgan fingerprint density at radius 2 is 1.14 bits per heavy atom. The zero-order valence-corrected chi connectivity index (χ0v) is 40.2. The van der Waals surface area contributed by atoms with Gasteiger partial charge in [-0.1, -0.05) is 121 Å². The molecule has 9 atom stereocenters. The summed E-state index contributed by atoms with van der Waals surface area (Å²) in [6.45, 7) is 0.0546. The number of rotatable bonds is 24. The third kappa shape index (κ3) is 13.0. The number of fused-ring (bicyclic) bond motifs is 1. The van der Waals surface area contributed by atoms with E-state index in [1.165, 1.54) is 19.1 Å². The van der Waals surface area contributed by atoms with Gasteiger partial charge in [-0.2, -0.15) is 4.89 Å². The molecule has 0 spiro atoms. The standard InChI is InChI=1S/C56H58O18/c1-33(59)47(61)54(72-56-51(65)50(64)48(62)45(28-58)71-56)41(22-23-57)73-74-55-49(63)46-40(60)26-39(66-29-34-14-6-2-7-15-34)27-42(46)70-52(55)38-24-43(67-30-35-16-8-3-9-17-35)53(69-32-37-20-12-5-13-21-37)44(25-38)68-31-36-18-10-4-11-19-36/h2-21,24-27,33,41,45,47-48,50-51,54,56-62,64-65H,22-23,28-32H2,1H3/t33-,41+,45+,47+,48-,50-,51+,54+,56-/m0/s1. The molecular weight excluding hydrogens is 961 g/mol. The van der Waals surface area contributed by atoms with Gasteiger partial charge in [-0.15, -0.1) is 0 Å². The van der Waals surface area contributed by atoms with E-state index in [9.17, 15) is 45.6 Å². The van der Waals surface area contributed by atoms with Gasteiger partial charge in [0.1, 0.15) is 91.6 Å². The molecule has 18 heteroatoms. The summed E-state index contributed by atoms with van der Waals surface area (Å²) < 4.78 is 43.6. The van der Waals surface area contributed by atoms with Crippen molar-refractivity contribution < 1.29 is 83.5 Å². The highest BCUT2D eigenvalue weighted by molar-refractivity contribution is 5.88. The van der Waals surface area contributed by atoms with Gasteiger partial charge in [0.25, 0.3) is 5.75 Å². The fourth-order valence-corrected chi connectivity index (χ4v) is 8.11. The van der Waals surface area contributed by atoms with Crippen LogP contribution in [0.5, 0.6) is 34.5 Å². The summed E-state index contributed by atoms with van der Waals surface area (Å²) in [5.74, 6) is -0.903. The molecule has 0 aliphatic carbocycles. The smallest absolute Gasteiger partial charge is 0.256 e. The Labute approximate surface area is 425 Å². The topological polar surface area (TPSA) is 266 Å². The average Bonchev–Trinajstić information content (AvgIpc) is 3.42. The van der Waals surface area contributed by atoms with Gasteiger partial charge in [0.15, 0.2) is 23.5 Å². The number of aromatic hydroxyl groups is 1. The van der Waals surface area contributed by atoms with Crippen LogP contribution in [0, 0.1) is 0 Å². The normalized spacial score (nSPS) is 19.3. The summed E-state index contributed by atoms with van der Waals surface area (Å²) >= 11 is 0. The van der Waals surface area contributed by atoms with E-state index in [0.717, 1.165) is 22.3 Å². The Kier molecular flexibility index (Phi) is 18.2. The monoisotopic (exact) mass is 1020 g/mol. The molecule has 1 fully saturated rings. The van der Waals surface area contributed by atoms with E-state index in [2.05, 4.69) is 0 Å². The van der Waals surface area contributed by atoms with Crippen LogP contribution in [0.4, 0.5) is 0 Å². The third-order valence-corrected chi connectivity index (χ3v) is 12.1. The molecule has 7 aromatic rings. The summed E-state index contributed by atoms with van der Waals surface area (Å²) in [4.78, 5) is 26.8. The van der Waals surface area contributed by atoms with Crippen LogP contribution in [-0.2, 0) is 40.8 Å². The SMILES string of the molecule is C[C@H](O)[C@@H](O)[C@H](O[C@@H]1O[C@H](CO)[C@H](O)[C@H](O)[C@H]1O)[C@@H](CCO)OOc1c(-c2cc(OCc3ccccc3)c(OCc3ccccc3)c(OCc3ccccc3)c2)oc2cc(OCc3ccccc3)cc(O)c2c1=O. The quantitative estimate of drug-likeness (QED) is 0.0276. The highest BCUT2D eigenvalue weighted by Crippen LogP contribution is 2.46. The minimum atomic E-state index is -1.95. The van der Waals surface area contributed by atoms with Gasteiger partial charge in [-0.3, -0.25) is 4.79 Å². The van der Waals surface area contributed by atoms with E-state index in [1.54, 1.807) is 12.1 Å². The molecular formula is C56H58O18. The lowest BCUT2D eigenvalue weighted by molar-refractivity contribution is -0.348. The number of phenolic OH excluding ortho intramolecular Hbond substituents is 1. The van der Waals surface area contributed by atoms with E-state index in [1.807, 2.05) is 121 Å². The molecule has 8 rings (SSSR count).